The number of rotatable bonds is 4. The fraction of sp³-hybridized carbons (Fsp3) is 0.800. The predicted octanol–water partition coefficient (Wildman–Crippen LogP) is -7.57. The lowest BCUT2D eigenvalue weighted by Crippen LogP contribution is -2.74. The molecular weight excluding hydrogens is 276 g/mol. The third-order valence-electron chi connectivity index (χ3n) is 1.69. The summed E-state index contributed by atoms with van der Waals surface area (Å²) >= 11 is 0. The van der Waals surface area contributed by atoms with E-state index in [1.807, 2.05) is 0 Å². The molecule has 10 nitrogen and oxygen atoms in total. The van der Waals surface area contributed by atoms with E-state index in [9.17, 15) is 0 Å². The van der Waals surface area contributed by atoms with Crippen LogP contribution in [0.4, 0.5) is 0 Å². The van der Waals surface area contributed by atoms with Crippen molar-refractivity contribution in [2.45, 2.75) is 24.9 Å². The summed E-state index contributed by atoms with van der Waals surface area (Å²) in [6.45, 7) is 3.11. The molecule has 0 fully saturated rings. The van der Waals surface area contributed by atoms with Crippen molar-refractivity contribution in [3.63, 3.8) is 0 Å². The minimum atomic E-state index is -2.19. The van der Waals surface area contributed by atoms with Crippen LogP contribution in [-0.2, 0) is 9.59 Å². The van der Waals surface area contributed by atoms with E-state index in [1.54, 1.807) is 13.8 Å². The molecule has 0 aromatic carbocycles. The lowest BCUT2D eigenvalue weighted by Gasteiger charge is -2.12. The monoisotopic (exact) mass is 300 g/mol. The van der Waals surface area contributed by atoms with Crippen LogP contribution in [0.3, 0.4) is 0 Å². The van der Waals surface area contributed by atoms with Gasteiger partial charge in [-0.25, -0.2) is 0 Å². The van der Waals surface area contributed by atoms with Gasteiger partial charge in [-0.2, -0.15) is 0 Å². The Kier molecular flexibility index (Phi) is 13.7. The van der Waals surface area contributed by atoms with Crippen molar-refractivity contribution in [3.05, 3.63) is 0 Å². The number of quaternary nitrogens is 2. The summed E-state index contributed by atoms with van der Waals surface area (Å²) in [6.07, 6.45) is 0. The van der Waals surface area contributed by atoms with Crippen LogP contribution >= 0.6 is 0 Å². The molecule has 0 aliphatic heterocycles. The van der Waals surface area contributed by atoms with Crippen LogP contribution in [0.25, 0.3) is 0 Å². The predicted molar refractivity (Wildman–Crippen MR) is 60.9 cm³/mol. The van der Waals surface area contributed by atoms with Crippen LogP contribution in [0, 0.1) is 0 Å². The van der Waals surface area contributed by atoms with Crippen LogP contribution < -0.4 is 21.7 Å². The first kappa shape index (κ1) is 23.8. The molecule has 0 heterocycles. The second-order valence-electron chi connectivity index (χ2n) is 4.83. The first-order chi connectivity index (χ1) is 8.89. The fourth-order valence-corrected chi connectivity index (χ4v) is 0.1000. The molecular formula is C10H24N2O8. The van der Waals surface area contributed by atoms with E-state index in [-0.39, 0.29) is 26.4 Å². The van der Waals surface area contributed by atoms with Crippen molar-refractivity contribution < 1.29 is 51.7 Å². The number of carboxylic acids is 2. The van der Waals surface area contributed by atoms with Gasteiger partial charge in [-0.05, 0) is 13.8 Å². The highest BCUT2D eigenvalue weighted by Gasteiger charge is 2.19. The lowest BCUT2D eigenvalue weighted by molar-refractivity contribution is -0.483. The number of aliphatic hydroxyl groups is 4. The highest BCUT2D eigenvalue weighted by Crippen LogP contribution is 1.88. The quantitative estimate of drug-likeness (QED) is 0.273. The van der Waals surface area contributed by atoms with E-state index >= 15 is 0 Å². The van der Waals surface area contributed by atoms with Crippen molar-refractivity contribution in [1.29, 1.82) is 0 Å². The normalized spacial score (nSPS) is 10.6. The molecule has 0 aliphatic carbocycles. The van der Waals surface area contributed by atoms with Gasteiger partial charge in [0, 0.05) is 0 Å². The molecule has 0 saturated heterocycles. The van der Waals surface area contributed by atoms with Crippen molar-refractivity contribution in [3.8, 4) is 0 Å². The Morgan fingerprint density at radius 2 is 0.950 bits per heavy atom. The second kappa shape index (κ2) is 11.5. The smallest absolute Gasteiger partial charge is 0.138 e. The van der Waals surface area contributed by atoms with Gasteiger partial charge >= 0.3 is 0 Å². The topological polar surface area (TPSA) is 216 Å². The van der Waals surface area contributed by atoms with E-state index in [4.69, 9.17) is 40.2 Å². The van der Waals surface area contributed by atoms with Crippen molar-refractivity contribution in [1.82, 2.24) is 0 Å². The molecule has 0 bridgehead atoms. The van der Waals surface area contributed by atoms with E-state index in [0.29, 0.717) is 0 Å². The highest BCUT2D eigenvalue weighted by atomic mass is 16.4. The van der Waals surface area contributed by atoms with E-state index in [0.717, 1.165) is 0 Å². The average Bonchev–Trinajstić information content (AvgIpc) is 2.40. The molecule has 0 spiro atoms. The minimum Gasteiger partial charge on any atom is -0.543 e. The largest absolute Gasteiger partial charge is 0.543 e. The zero-order valence-electron chi connectivity index (χ0n) is 11.7. The summed E-state index contributed by atoms with van der Waals surface area (Å²) in [5.74, 6) is -4.37. The van der Waals surface area contributed by atoms with Gasteiger partial charge in [0.1, 0.15) is 11.1 Å². The van der Waals surface area contributed by atoms with Gasteiger partial charge in [-0.15, -0.1) is 0 Å². The highest BCUT2D eigenvalue weighted by molar-refractivity contribution is 6.25. The zero-order valence-corrected chi connectivity index (χ0v) is 11.7. The van der Waals surface area contributed by atoms with E-state index in [2.05, 4.69) is 11.5 Å². The Labute approximate surface area is 116 Å². The second-order valence-corrected chi connectivity index (χ2v) is 4.83. The third kappa shape index (κ3) is 19.0. The maximum absolute atomic E-state index is 8.93. The Morgan fingerprint density at radius 1 is 0.800 bits per heavy atom. The minimum absolute atomic E-state index is 0.0660. The van der Waals surface area contributed by atoms with Crippen LogP contribution in [-0.4, -0.2) is 69.9 Å². The Morgan fingerprint density at radius 3 is 0.950 bits per heavy atom. The molecule has 0 unspecified atom stereocenters. The van der Waals surface area contributed by atoms with Gasteiger partial charge in [-0.1, -0.05) is 0 Å². The number of carbonyl (C=O) groups is 2. The van der Waals surface area contributed by atoms with Crippen molar-refractivity contribution >= 4 is 11.9 Å². The van der Waals surface area contributed by atoms with Crippen LogP contribution in [0.5, 0.6) is 0 Å². The number of hydrogen-bond donors (Lipinski definition) is 6. The maximum Gasteiger partial charge on any atom is 0.138 e. The molecule has 0 rings (SSSR count). The molecule has 0 aromatic rings. The van der Waals surface area contributed by atoms with Crippen molar-refractivity contribution in [2.24, 2.45) is 0 Å². The summed E-state index contributed by atoms with van der Waals surface area (Å²) in [5.41, 5.74) is 5.90. The van der Waals surface area contributed by atoms with Gasteiger partial charge < -0.3 is 51.7 Å². The Balaban J connectivity index is -0.000000218. The average molecular weight is 300 g/mol. The van der Waals surface area contributed by atoms with Gasteiger partial charge in [-0.3, -0.25) is 0 Å². The van der Waals surface area contributed by atoms with E-state index < -0.39 is 23.0 Å². The fourth-order valence-electron chi connectivity index (χ4n) is 0.1000. The number of hydrogen-bond acceptors (Lipinski definition) is 8. The van der Waals surface area contributed by atoms with Gasteiger partial charge in [0.15, 0.2) is 0 Å². The van der Waals surface area contributed by atoms with Crippen LogP contribution in [0.15, 0.2) is 0 Å². The van der Waals surface area contributed by atoms with Gasteiger partial charge in [0.2, 0.25) is 0 Å². The maximum atomic E-state index is 8.93. The molecule has 0 radical (unpaired) electrons. The summed E-state index contributed by atoms with van der Waals surface area (Å²) < 4.78 is 0. The van der Waals surface area contributed by atoms with E-state index in [1.165, 1.54) is 0 Å². The lowest BCUT2D eigenvalue weighted by atomic mass is 10.1. The van der Waals surface area contributed by atoms with Gasteiger partial charge in [0.25, 0.3) is 0 Å². The molecule has 0 amide bonds. The summed E-state index contributed by atoms with van der Waals surface area (Å²) in [4.78, 5) is 17.9. The zero-order chi connectivity index (χ0) is 17.0. The summed E-state index contributed by atoms with van der Waals surface area (Å²) in [6, 6.07) is 0. The van der Waals surface area contributed by atoms with Crippen molar-refractivity contribution in [2.75, 3.05) is 26.4 Å². The molecule has 10 heteroatoms. The number of carbonyl (C=O) groups excluding carboxylic acids is 2. The summed E-state index contributed by atoms with van der Waals surface area (Å²) in [7, 11) is 0. The molecule has 0 saturated carbocycles. The van der Waals surface area contributed by atoms with Crippen LogP contribution in [0.1, 0.15) is 13.8 Å². The molecule has 10 N–H and O–H groups in total. The molecule has 0 atom stereocenters. The number of carboxylic acid groups (broad SMARTS) is 2. The first-order valence-electron chi connectivity index (χ1n) is 5.45. The summed E-state index contributed by atoms with van der Waals surface area (Å²) in [5, 5.41) is 51.3. The van der Waals surface area contributed by atoms with Gasteiger partial charge in [0.05, 0.1) is 38.4 Å². The number of aliphatic carboxylic acids is 2. The Hall–Kier alpha value is -1.30. The standard InChI is InChI=1S/2C4H11NO2.C2H2O4/c2*1-4(5,2-6)3-7;3-1(4)2(5)6/h2*6-7H,2-3,5H2,1H3;(H,3,4)(H,5,6). The molecule has 0 aliphatic rings. The van der Waals surface area contributed by atoms with Crippen LogP contribution in [0.2, 0.25) is 0 Å². The number of aliphatic hydroxyl groups excluding tert-OH is 4. The molecule has 20 heavy (non-hydrogen) atoms. The first-order valence-corrected chi connectivity index (χ1v) is 5.45. The third-order valence-corrected chi connectivity index (χ3v) is 1.69. The Bertz CT molecular complexity index is 240. The molecule has 0 aromatic heterocycles. The molecule has 122 valence electrons. The SMILES string of the molecule is CC([NH3+])(CO)CO.CC([NH3+])(CO)CO.O=C([O-])C(=O)[O-].